The van der Waals surface area contributed by atoms with Crippen LogP contribution in [0.15, 0.2) is 47.6 Å². The number of ether oxygens (including phenoxy) is 2. The van der Waals surface area contributed by atoms with Gasteiger partial charge in [-0.05, 0) is 42.2 Å². The van der Waals surface area contributed by atoms with Crippen LogP contribution in [0.4, 0.5) is 0 Å². The quantitative estimate of drug-likeness (QED) is 0.506. The number of nitrogens with zero attached hydrogens (tertiary/aromatic N) is 1. The zero-order valence-corrected chi connectivity index (χ0v) is 16.4. The van der Waals surface area contributed by atoms with E-state index in [4.69, 9.17) is 9.47 Å². The molecule has 7 heteroatoms. The molecule has 2 atom stereocenters. The van der Waals surface area contributed by atoms with Gasteiger partial charge in [0.05, 0.1) is 20.4 Å². The van der Waals surface area contributed by atoms with Crippen molar-refractivity contribution in [3.05, 3.63) is 59.2 Å². The van der Waals surface area contributed by atoms with Crippen molar-refractivity contribution in [3.8, 4) is 11.5 Å². The van der Waals surface area contributed by atoms with Crippen LogP contribution < -0.4 is 25.8 Å². The van der Waals surface area contributed by atoms with Crippen molar-refractivity contribution in [2.75, 3.05) is 14.2 Å². The summed E-state index contributed by atoms with van der Waals surface area (Å²) in [5, 5.41) is 4.06. The lowest BCUT2D eigenvalue weighted by Gasteiger charge is -2.10. The number of aryl methyl sites for hydroxylation is 1. The summed E-state index contributed by atoms with van der Waals surface area (Å²) >= 11 is 0. The van der Waals surface area contributed by atoms with E-state index in [-0.39, 0.29) is 18.0 Å². The molecule has 28 heavy (non-hydrogen) atoms. The van der Waals surface area contributed by atoms with Crippen molar-refractivity contribution in [2.45, 2.75) is 31.8 Å². The highest BCUT2D eigenvalue weighted by atomic mass is 16.5. The summed E-state index contributed by atoms with van der Waals surface area (Å²) in [4.78, 5) is 12.4. The van der Waals surface area contributed by atoms with Crippen LogP contribution in [0.1, 0.15) is 36.1 Å². The predicted octanol–water partition coefficient (Wildman–Crippen LogP) is 2.32. The van der Waals surface area contributed by atoms with Gasteiger partial charge in [-0.3, -0.25) is 4.79 Å². The van der Waals surface area contributed by atoms with E-state index < -0.39 is 0 Å². The Hall–Kier alpha value is -2.90. The minimum Gasteiger partial charge on any atom is -0.497 e. The van der Waals surface area contributed by atoms with Gasteiger partial charge in [-0.25, -0.2) is 16.3 Å². The van der Waals surface area contributed by atoms with Gasteiger partial charge in [0.25, 0.3) is 5.91 Å². The average molecular weight is 382 g/mol. The second-order valence-electron chi connectivity index (χ2n) is 6.57. The molecule has 1 heterocycles. The molecule has 3 N–H and O–H groups in total. The molecule has 1 aliphatic rings. The molecule has 0 bridgehead atoms. The van der Waals surface area contributed by atoms with E-state index in [1.165, 1.54) is 5.56 Å². The molecule has 148 valence electrons. The van der Waals surface area contributed by atoms with Gasteiger partial charge in [0, 0.05) is 11.6 Å². The summed E-state index contributed by atoms with van der Waals surface area (Å²) in [6.45, 7) is 2.13. The molecule has 0 spiro atoms. The number of rotatable bonds is 7. The second-order valence-corrected chi connectivity index (χ2v) is 6.57. The molecule has 2 aromatic carbocycles. The number of benzene rings is 2. The van der Waals surface area contributed by atoms with E-state index in [9.17, 15) is 4.79 Å². The van der Waals surface area contributed by atoms with E-state index in [0.717, 1.165) is 12.0 Å². The van der Waals surface area contributed by atoms with Crippen LogP contribution in [0.25, 0.3) is 0 Å². The molecule has 1 saturated heterocycles. The van der Waals surface area contributed by atoms with Crippen molar-refractivity contribution >= 4 is 12.1 Å². The maximum absolute atomic E-state index is 12.4. The van der Waals surface area contributed by atoms with Gasteiger partial charge in [-0.2, -0.15) is 5.10 Å². The summed E-state index contributed by atoms with van der Waals surface area (Å²) in [5.41, 5.74) is 12.0. The number of nitrogens with one attached hydrogen (secondary N) is 3. The summed E-state index contributed by atoms with van der Waals surface area (Å²) < 4.78 is 10.5. The third-order valence-electron chi connectivity index (χ3n) is 4.83. The number of amides is 1. The molecular weight excluding hydrogens is 356 g/mol. The Bertz CT molecular complexity index is 836. The molecule has 1 fully saturated rings. The van der Waals surface area contributed by atoms with Crippen LogP contribution in [0, 0.1) is 0 Å². The van der Waals surface area contributed by atoms with Crippen molar-refractivity contribution in [1.29, 1.82) is 0 Å². The fourth-order valence-electron chi connectivity index (χ4n) is 3.12. The average Bonchev–Trinajstić information content (AvgIpc) is 3.24. The monoisotopic (exact) mass is 382 g/mol. The number of carbonyl (C=O) groups is 1. The predicted molar refractivity (Wildman–Crippen MR) is 109 cm³/mol. The smallest absolute Gasteiger partial charge is 0.258 e. The Morgan fingerprint density at radius 3 is 2.64 bits per heavy atom. The van der Waals surface area contributed by atoms with Crippen LogP contribution in [-0.4, -0.2) is 32.4 Å². The molecule has 7 nitrogen and oxygen atoms in total. The van der Waals surface area contributed by atoms with Gasteiger partial charge in [0.15, 0.2) is 0 Å². The maximum Gasteiger partial charge on any atom is 0.258 e. The molecule has 0 radical (unpaired) electrons. The third kappa shape index (κ3) is 4.68. The molecule has 0 aromatic heterocycles. The Kier molecular flexibility index (Phi) is 6.62. The molecule has 0 saturated carbocycles. The first-order chi connectivity index (χ1) is 13.6. The van der Waals surface area contributed by atoms with Crippen molar-refractivity contribution in [2.24, 2.45) is 5.10 Å². The SMILES string of the molecule is CCc1ccc(C2CC(C(=O)N/N=C/c3cc(OC)ccc3OC)NN2)cc1. The van der Waals surface area contributed by atoms with Crippen LogP contribution in [-0.2, 0) is 11.2 Å². The molecule has 0 aliphatic carbocycles. The topological polar surface area (TPSA) is 84.0 Å². The van der Waals surface area contributed by atoms with Gasteiger partial charge >= 0.3 is 0 Å². The van der Waals surface area contributed by atoms with E-state index in [1.807, 2.05) is 0 Å². The van der Waals surface area contributed by atoms with Crippen LogP contribution in [0.3, 0.4) is 0 Å². The Balaban J connectivity index is 1.57. The Labute approximate surface area is 165 Å². The Morgan fingerprint density at radius 1 is 1.18 bits per heavy atom. The fraction of sp³-hybridized carbons (Fsp3) is 0.333. The van der Waals surface area contributed by atoms with Crippen LogP contribution in [0.2, 0.25) is 0 Å². The molecule has 3 rings (SSSR count). The largest absolute Gasteiger partial charge is 0.497 e. The standard InChI is InChI=1S/C21H26N4O3/c1-4-14-5-7-15(8-6-14)18-12-19(24-23-18)21(26)25-22-13-16-11-17(27-2)9-10-20(16)28-3/h5-11,13,18-19,23-24H,4,12H2,1-3H3,(H,25,26)/b22-13+. The first-order valence-electron chi connectivity index (χ1n) is 9.29. The minimum atomic E-state index is -0.361. The molecule has 1 amide bonds. The van der Waals surface area contributed by atoms with Crippen molar-refractivity contribution in [3.63, 3.8) is 0 Å². The summed E-state index contributed by atoms with van der Waals surface area (Å²) in [5.74, 6) is 1.14. The minimum absolute atomic E-state index is 0.0871. The van der Waals surface area contributed by atoms with Crippen molar-refractivity contribution < 1.29 is 14.3 Å². The lowest BCUT2D eigenvalue weighted by Crippen LogP contribution is -2.41. The number of carbonyl (C=O) groups excluding carboxylic acids is 1. The molecule has 2 aromatic rings. The summed E-state index contributed by atoms with van der Waals surface area (Å²) in [6, 6.07) is 13.6. The second kappa shape index (κ2) is 9.34. The number of hydrogen-bond acceptors (Lipinski definition) is 6. The van der Waals surface area contributed by atoms with E-state index in [1.54, 1.807) is 38.6 Å². The van der Waals surface area contributed by atoms with Gasteiger partial charge in [0.2, 0.25) is 0 Å². The number of hydrogen-bond donors (Lipinski definition) is 3. The number of hydrazine groups is 1. The van der Waals surface area contributed by atoms with E-state index >= 15 is 0 Å². The number of hydrazone groups is 1. The number of methoxy groups -OCH3 is 2. The van der Waals surface area contributed by atoms with E-state index in [0.29, 0.717) is 23.5 Å². The highest BCUT2D eigenvalue weighted by Gasteiger charge is 2.29. The van der Waals surface area contributed by atoms with Crippen LogP contribution in [0.5, 0.6) is 11.5 Å². The van der Waals surface area contributed by atoms with Gasteiger partial charge in [0.1, 0.15) is 17.5 Å². The summed E-state index contributed by atoms with van der Waals surface area (Å²) in [6.07, 6.45) is 3.20. The summed E-state index contributed by atoms with van der Waals surface area (Å²) in [7, 11) is 3.18. The maximum atomic E-state index is 12.4. The molecule has 1 aliphatic heterocycles. The normalized spacial score (nSPS) is 19.0. The highest BCUT2D eigenvalue weighted by Crippen LogP contribution is 2.23. The highest BCUT2D eigenvalue weighted by molar-refractivity contribution is 5.87. The fourth-order valence-corrected chi connectivity index (χ4v) is 3.12. The molecular formula is C21H26N4O3. The van der Waals surface area contributed by atoms with Crippen LogP contribution >= 0.6 is 0 Å². The van der Waals surface area contributed by atoms with Gasteiger partial charge in [-0.1, -0.05) is 31.2 Å². The zero-order chi connectivity index (χ0) is 19.9. The lowest BCUT2D eigenvalue weighted by atomic mass is 10.00. The molecule has 2 unspecified atom stereocenters. The first-order valence-corrected chi connectivity index (χ1v) is 9.29. The van der Waals surface area contributed by atoms with Gasteiger partial charge < -0.3 is 9.47 Å². The third-order valence-corrected chi connectivity index (χ3v) is 4.83. The Morgan fingerprint density at radius 2 is 1.96 bits per heavy atom. The van der Waals surface area contributed by atoms with Gasteiger partial charge in [-0.15, -0.1) is 0 Å². The zero-order valence-electron chi connectivity index (χ0n) is 16.4. The van der Waals surface area contributed by atoms with Crippen molar-refractivity contribution in [1.82, 2.24) is 16.3 Å². The first kappa shape index (κ1) is 19.9. The lowest BCUT2D eigenvalue weighted by molar-refractivity contribution is -0.122. The van der Waals surface area contributed by atoms with E-state index in [2.05, 4.69) is 52.6 Å².